The van der Waals surface area contributed by atoms with Crippen molar-refractivity contribution in [3.8, 4) is 0 Å². The number of carbonyl (C=O) groups is 1. The number of carbonyl (C=O) groups excluding carboxylic acids is 1. The molecule has 2 rings (SSSR count). The summed E-state index contributed by atoms with van der Waals surface area (Å²) in [4.78, 5) is 16.2. The molecular formula is C14H19N3OS. The van der Waals surface area contributed by atoms with E-state index in [1.807, 2.05) is 24.3 Å². The third-order valence-electron chi connectivity index (χ3n) is 3.06. The maximum absolute atomic E-state index is 11.8. The molecule has 0 radical (unpaired) electrons. The van der Waals surface area contributed by atoms with Crippen LogP contribution in [0.15, 0.2) is 24.3 Å². The van der Waals surface area contributed by atoms with Crippen molar-refractivity contribution in [1.82, 2.24) is 4.98 Å². The number of nitrogens with two attached hydrogens (primary N) is 1. The van der Waals surface area contributed by atoms with Crippen molar-refractivity contribution in [2.45, 2.75) is 26.2 Å². The number of benzene rings is 1. The van der Waals surface area contributed by atoms with Crippen LogP contribution in [0.5, 0.6) is 0 Å². The van der Waals surface area contributed by atoms with Gasteiger partial charge in [0.2, 0.25) is 5.91 Å². The Morgan fingerprint density at radius 2 is 2.21 bits per heavy atom. The van der Waals surface area contributed by atoms with Crippen molar-refractivity contribution in [2.24, 2.45) is 11.7 Å². The minimum atomic E-state index is 0.0305. The summed E-state index contributed by atoms with van der Waals surface area (Å²) < 4.78 is 1.09. The number of hydrogen-bond acceptors (Lipinski definition) is 4. The summed E-state index contributed by atoms with van der Waals surface area (Å²) >= 11 is 1.51. The molecule has 1 unspecified atom stereocenters. The summed E-state index contributed by atoms with van der Waals surface area (Å²) in [5, 5.41) is 3.54. The number of nitrogens with zero attached hydrogens (tertiary/aromatic N) is 1. The van der Waals surface area contributed by atoms with Gasteiger partial charge >= 0.3 is 0 Å². The molecule has 2 aromatic rings. The summed E-state index contributed by atoms with van der Waals surface area (Å²) in [6.45, 7) is 2.80. The standard InChI is InChI=1S/C14H19N3OS/c1-10(8-9-15)6-7-13(18)17-14-16-11-4-2-3-5-12(11)19-14/h2-5,10H,6-9,15H2,1H3,(H,16,17,18). The van der Waals surface area contributed by atoms with Crippen LogP contribution in [0.4, 0.5) is 5.13 Å². The average Bonchev–Trinajstić information content (AvgIpc) is 2.78. The molecule has 3 N–H and O–H groups in total. The number of amides is 1. The molecule has 19 heavy (non-hydrogen) atoms. The number of nitrogens with one attached hydrogen (secondary N) is 1. The number of thiazole rings is 1. The number of para-hydroxylation sites is 1. The van der Waals surface area contributed by atoms with Crippen LogP contribution in [-0.4, -0.2) is 17.4 Å². The first-order valence-electron chi connectivity index (χ1n) is 6.54. The number of aromatic nitrogens is 1. The van der Waals surface area contributed by atoms with Crippen molar-refractivity contribution >= 4 is 32.6 Å². The normalized spacial score (nSPS) is 12.5. The molecule has 0 aliphatic rings. The number of fused-ring (bicyclic) bond motifs is 1. The lowest BCUT2D eigenvalue weighted by Gasteiger charge is -2.08. The second-order valence-corrected chi connectivity index (χ2v) is 5.79. The summed E-state index contributed by atoms with van der Waals surface area (Å²) in [5.41, 5.74) is 6.42. The zero-order valence-electron chi connectivity index (χ0n) is 11.1. The molecule has 1 atom stereocenters. The van der Waals surface area contributed by atoms with Gasteiger partial charge in [0.05, 0.1) is 10.2 Å². The van der Waals surface area contributed by atoms with E-state index in [1.54, 1.807) is 0 Å². The Labute approximate surface area is 117 Å². The van der Waals surface area contributed by atoms with Crippen molar-refractivity contribution in [1.29, 1.82) is 0 Å². The van der Waals surface area contributed by atoms with Crippen molar-refractivity contribution in [3.05, 3.63) is 24.3 Å². The fourth-order valence-electron chi connectivity index (χ4n) is 1.91. The van der Waals surface area contributed by atoms with E-state index in [9.17, 15) is 4.79 Å². The number of anilines is 1. The van der Waals surface area contributed by atoms with Gasteiger partial charge < -0.3 is 11.1 Å². The van der Waals surface area contributed by atoms with E-state index >= 15 is 0 Å². The zero-order chi connectivity index (χ0) is 13.7. The van der Waals surface area contributed by atoms with Crippen LogP contribution in [0.1, 0.15) is 26.2 Å². The Hall–Kier alpha value is -1.46. The summed E-state index contributed by atoms with van der Waals surface area (Å²) in [6.07, 6.45) is 2.36. The molecule has 0 aliphatic carbocycles. The Kier molecular flexibility index (Phi) is 4.87. The highest BCUT2D eigenvalue weighted by Crippen LogP contribution is 2.25. The van der Waals surface area contributed by atoms with Gasteiger partial charge in [-0.2, -0.15) is 0 Å². The van der Waals surface area contributed by atoms with Crippen LogP contribution in [0, 0.1) is 5.92 Å². The Morgan fingerprint density at radius 1 is 1.42 bits per heavy atom. The quantitative estimate of drug-likeness (QED) is 0.853. The Balaban J connectivity index is 1.88. The largest absolute Gasteiger partial charge is 0.330 e. The second-order valence-electron chi connectivity index (χ2n) is 4.76. The Morgan fingerprint density at radius 3 is 2.95 bits per heavy atom. The molecule has 0 spiro atoms. The first-order chi connectivity index (χ1) is 9.19. The lowest BCUT2D eigenvalue weighted by atomic mass is 10.0. The van der Waals surface area contributed by atoms with Crippen LogP contribution in [0.25, 0.3) is 10.2 Å². The van der Waals surface area contributed by atoms with Gasteiger partial charge in [-0.3, -0.25) is 4.79 Å². The number of rotatable bonds is 6. The molecule has 0 saturated heterocycles. The van der Waals surface area contributed by atoms with Crippen LogP contribution >= 0.6 is 11.3 Å². The molecule has 0 bridgehead atoms. The van der Waals surface area contributed by atoms with Crippen LogP contribution in [0.3, 0.4) is 0 Å². The van der Waals surface area contributed by atoms with Gasteiger partial charge in [0.15, 0.2) is 5.13 Å². The van der Waals surface area contributed by atoms with Gasteiger partial charge in [0.25, 0.3) is 0 Å². The average molecular weight is 277 g/mol. The molecule has 0 saturated carbocycles. The molecular weight excluding hydrogens is 258 g/mol. The minimum Gasteiger partial charge on any atom is -0.330 e. The lowest BCUT2D eigenvalue weighted by molar-refractivity contribution is -0.116. The van der Waals surface area contributed by atoms with Crippen LogP contribution < -0.4 is 11.1 Å². The van der Waals surface area contributed by atoms with E-state index in [0.29, 0.717) is 24.0 Å². The van der Waals surface area contributed by atoms with E-state index in [4.69, 9.17) is 5.73 Å². The fraction of sp³-hybridized carbons (Fsp3) is 0.429. The second kappa shape index (κ2) is 6.63. The van der Waals surface area contributed by atoms with Crippen molar-refractivity contribution < 1.29 is 4.79 Å². The molecule has 1 aromatic carbocycles. The third-order valence-corrected chi connectivity index (χ3v) is 4.02. The van der Waals surface area contributed by atoms with E-state index in [2.05, 4.69) is 17.2 Å². The first kappa shape index (κ1) is 14.0. The first-order valence-corrected chi connectivity index (χ1v) is 7.36. The zero-order valence-corrected chi connectivity index (χ0v) is 11.9. The molecule has 0 fully saturated rings. The fourth-order valence-corrected chi connectivity index (χ4v) is 2.80. The van der Waals surface area contributed by atoms with E-state index in [-0.39, 0.29) is 5.91 Å². The van der Waals surface area contributed by atoms with Gasteiger partial charge in [0.1, 0.15) is 0 Å². The van der Waals surface area contributed by atoms with E-state index < -0.39 is 0 Å². The van der Waals surface area contributed by atoms with Gasteiger partial charge in [-0.15, -0.1) is 0 Å². The van der Waals surface area contributed by atoms with E-state index in [1.165, 1.54) is 11.3 Å². The van der Waals surface area contributed by atoms with Crippen molar-refractivity contribution in [3.63, 3.8) is 0 Å². The van der Waals surface area contributed by atoms with Gasteiger partial charge in [0, 0.05) is 6.42 Å². The van der Waals surface area contributed by atoms with Gasteiger partial charge in [-0.05, 0) is 37.4 Å². The highest BCUT2D eigenvalue weighted by atomic mass is 32.1. The molecule has 4 nitrogen and oxygen atoms in total. The van der Waals surface area contributed by atoms with Crippen LogP contribution in [-0.2, 0) is 4.79 Å². The molecule has 1 amide bonds. The Bertz CT molecular complexity index is 519. The van der Waals surface area contributed by atoms with Crippen LogP contribution in [0.2, 0.25) is 0 Å². The summed E-state index contributed by atoms with van der Waals surface area (Å²) in [7, 11) is 0. The molecule has 1 heterocycles. The van der Waals surface area contributed by atoms with Gasteiger partial charge in [-0.1, -0.05) is 30.4 Å². The molecule has 0 aliphatic heterocycles. The maximum Gasteiger partial charge on any atom is 0.226 e. The number of hydrogen-bond donors (Lipinski definition) is 2. The highest BCUT2D eigenvalue weighted by molar-refractivity contribution is 7.22. The minimum absolute atomic E-state index is 0.0305. The summed E-state index contributed by atoms with van der Waals surface area (Å²) in [6, 6.07) is 7.87. The monoisotopic (exact) mass is 277 g/mol. The molecule has 1 aromatic heterocycles. The predicted octanol–water partition coefficient (Wildman–Crippen LogP) is 3.00. The SMILES string of the molecule is CC(CCN)CCC(=O)Nc1nc2ccccc2s1. The molecule has 5 heteroatoms. The smallest absolute Gasteiger partial charge is 0.226 e. The highest BCUT2D eigenvalue weighted by Gasteiger charge is 2.09. The van der Waals surface area contributed by atoms with Crippen molar-refractivity contribution in [2.75, 3.05) is 11.9 Å². The predicted molar refractivity (Wildman–Crippen MR) is 80.3 cm³/mol. The van der Waals surface area contributed by atoms with Gasteiger partial charge in [-0.25, -0.2) is 4.98 Å². The summed E-state index contributed by atoms with van der Waals surface area (Å²) in [5.74, 6) is 0.522. The third kappa shape index (κ3) is 4.01. The maximum atomic E-state index is 11.8. The van der Waals surface area contributed by atoms with E-state index in [0.717, 1.165) is 23.1 Å². The lowest BCUT2D eigenvalue weighted by Crippen LogP contribution is -2.13. The topological polar surface area (TPSA) is 68.0 Å². The molecule has 102 valence electrons.